The van der Waals surface area contributed by atoms with Crippen molar-refractivity contribution < 1.29 is 56.5 Å². The van der Waals surface area contributed by atoms with Gasteiger partial charge in [0.05, 0.1) is 46.2 Å². The van der Waals surface area contributed by atoms with Crippen LogP contribution in [-0.4, -0.2) is 58.8 Å². The Hall–Kier alpha value is 0.414. The first kappa shape index (κ1) is 22.7. The molecule has 0 aromatic rings. The molecule has 0 aromatic carbocycles. The summed E-state index contributed by atoms with van der Waals surface area (Å²) >= 11 is 0. The van der Waals surface area contributed by atoms with Crippen LogP contribution in [0.3, 0.4) is 0 Å². The maximum Gasteiger partial charge on any atom is 0.193 e. The largest absolute Gasteiger partial charge is 0.508 e. The van der Waals surface area contributed by atoms with Gasteiger partial charge in [0.15, 0.2) is 5.91 Å². The van der Waals surface area contributed by atoms with Gasteiger partial charge in [0, 0.05) is 45.7 Å². The second-order valence-electron chi connectivity index (χ2n) is 3.80. The first-order chi connectivity index (χ1) is 9.31. The van der Waals surface area contributed by atoms with Crippen molar-refractivity contribution in [3.63, 3.8) is 0 Å². The number of hydrogen-bond acceptors (Lipinski definition) is 5. The van der Waals surface area contributed by atoms with E-state index < -0.39 is 0 Å². The predicted octanol–water partition coefficient (Wildman–Crippen LogP) is 0.758. The molecule has 0 rings (SSSR count). The van der Waals surface area contributed by atoms with E-state index >= 15 is 0 Å². The number of carbonyl (C=O) groups excluding carboxylic acids is 1. The van der Waals surface area contributed by atoms with E-state index in [2.05, 4.69) is 19.3 Å². The summed E-state index contributed by atoms with van der Waals surface area (Å²) in [6, 6.07) is 0. The molecule has 0 aromatic heterocycles. The Balaban J connectivity index is 0. The Labute approximate surface area is 147 Å². The van der Waals surface area contributed by atoms with E-state index in [4.69, 9.17) is 18.9 Å². The zero-order valence-electron chi connectivity index (χ0n) is 12.4. The van der Waals surface area contributed by atoms with Crippen LogP contribution in [0.2, 0.25) is 0 Å². The van der Waals surface area contributed by atoms with E-state index in [9.17, 15) is 4.79 Å². The molecule has 7 heteroatoms. The van der Waals surface area contributed by atoms with Crippen LogP contribution < -0.4 is 5.32 Å². The molecule has 0 heterocycles. The van der Waals surface area contributed by atoms with E-state index in [1.807, 2.05) is 0 Å². The van der Waals surface area contributed by atoms with Gasteiger partial charge in [0.2, 0.25) is 0 Å². The molecule has 6 nitrogen and oxygen atoms in total. The summed E-state index contributed by atoms with van der Waals surface area (Å²) in [6.07, 6.45) is 1.35. The summed E-state index contributed by atoms with van der Waals surface area (Å²) in [6.45, 7) is 6.54. The quantitative estimate of drug-likeness (QED) is 0.364. The van der Waals surface area contributed by atoms with Gasteiger partial charge in [-0.05, 0) is 6.42 Å². The Morgan fingerprint density at radius 3 is 1.65 bits per heavy atom. The second kappa shape index (κ2) is 19.4. The number of nitrogens with one attached hydrogen (secondary N) is 1. The standard InChI is InChI=1S/C13H26NO5.Y/c1-3-5-16-7-9-18-11-12-19-10-8-17-6-4-13(15)14-2;/h2-12H2,1H3,(H,14,15);/q-1;. The van der Waals surface area contributed by atoms with Crippen molar-refractivity contribution in [2.75, 3.05) is 52.9 Å². The number of ether oxygens (including phenoxy) is 4. The summed E-state index contributed by atoms with van der Waals surface area (Å²) in [5.41, 5.74) is 0. The van der Waals surface area contributed by atoms with Gasteiger partial charge in [-0.15, -0.1) is 0 Å². The van der Waals surface area contributed by atoms with Gasteiger partial charge >= 0.3 is 0 Å². The van der Waals surface area contributed by atoms with E-state index in [0.29, 0.717) is 52.7 Å². The fourth-order valence-electron chi connectivity index (χ4n) is 1.16. The molecule has 1 radical (unpaired) electrons. The van der Waals surface area contributed by atoms with E-state index in [0.717, 1.165) is 13.0 Å². The molecule has 117 valence electrons. The van der Waals surface area contributed by atoms with Crippen LogP contribution in [-0.2, 0) is 56.5 Å². The smallest absolute Gasteiger partial charge is 0.193 e. The Morgan fingerprint density at radius 1 is 0.850 bits per heavy atom. The third-order valence-corrected chi connectivity index (χ3v) is 2.14. The minimum atomic E-state index is -0.125. The molecule has 0 unspecified atom stereocenters. The molecule has 0 aliphatic rings. The van der Waals surface area contributed by atoms with Crippen molar-refractivity contribution in [2.24, 2.45) is 0 Å². The van der Waals surface area contributed by atoms with Crippen LogP contribution in [0.5, 0.6) is 0 Å². The molecule has 1 amide bonds. The van der Waals surface area contributed by atoms with Crippen LogP contribution in [0, 0.1) is 7.05 Å². The van der Waals surface area contributed by atoms with E-state index in [1.54, 1.807) is 0 Å². The fourth-order valence-corrected chi connectivity index (χ4v) is 1.16. The molecule has 0 bridgehead atoms. The molecular formula is C13H26NO5Y-. The van der Waals surface area contributed by atoms with E-state index in [1.165, 1.54) is 0 Å². The maximum atomic E-state index is 10.8. The first-order valence-corrected chi connectivity index (χ1v) is 6.68. The van der Waals surface area contributed by atoms with Crippen LogP contribution in [0.1, 0.15) is 19.8 Å². The van der Waals surface area contributed by atoms with Crippen molar-refractivity contribution in [3.05, 3.63) is 7.05 Å². The zero-order valence-corrected chi connectivity index (χ0v) is 15.2. The molecular weight excluding hydrogens is 339 g/mol. The number of rotatable bonds is 14. The van der Waals surface area contributed by atoms with Gasteiger partial charge in [-0.1, -0.05) is 6.92 Å². The predicted molar refractivity (Wildman–Crippen MR) is 71.7 cm³/mol. The average Bonchev–Trinajstić information content (AvgIpc) is 2.43. The van der Waals surface area contributed by atoms with Crippen LogP contribution in [0.25, 0.3) is 0 Å². The van der Waals surface area contributed by atoms with Crippen molar-refractivity contribution in [1.29, 1.82) is 0 Å². The average molecular weight is 365 g/mol. The van der Waals surface area contributed by atoms with Gasteiger partial charge in [-0.25, -0.2) is 0 Å². The van der Waals surface area contributed by atoms with Crippen molar-refractivity contribution in [3.8, 4) is 0 Å². The van der Waals surface area contributed by atoms with Gasteiger partial charge in [-0.2, -0.15) is 0 Å². The topological polar surface area (TPSA) is 66.0 Å². The SMILES string of the molecule is [CH2-]NC(=O)CCOCCOCCOCCOCCC.[Y]. The normalized spacial score (nSPS) is 10.1. The van der Waals surface area contributed by atoms with Gasteiger partial charge in [0.25, 0.3) is 0 Å². The molecule has 0 saturated heterocycles. The third kappa shape index (κ3) is 18.4. The molecule has 0 fully saturated rings. The molecule has 1 N–H and O–H groups in total. The summed E-state index contributed by atoms with van der Waals surface area (Å²) < 4.78 is 21.1. The number of amides is 1. The van der Waals surface area contributed by atoms with Gasteiger partial charge in [0.1, 0.15) is 0 Å². The van der Waals surface area contributed by atoms with Crippen molar-refractivity contribution in [1.82, 2.24) is 5.32 Å². The minimum Gasteiger partial charge on any atom is -0.508 e. The Bertz CT molecular complexity index is 207. The third-order valence-electron chi connectivity index (χ3n) is 2.14. The summed E-state index contributed by atoms with van der Waals surface area (Å²) in [5, 5.41) is 2.28. The molecule has 20 heavy (non-hydrogen) atoms. The first-order valence-electron chi connectivity index (χ1n) is 6.68. The zero-order chi connectivity index (χ0) is 14.2. The summed E-state index contributed by atoms with van der Waals surface area (Å²) in [4.78, 5) is 10.8. The second-order valence-corrected chi connectivity index (χ2v) is 3.80. The summed E-state index contributed by atoms with van der Waals surface area (Å²) in [7, 11) is 3.26. The molecule has 0 saturated carbocycles. The monoisotopic (exact) mass is 365 g/mol. The minimum absolute atomic E-state index is 0. The fraction of sp³-hybridized carbons (Fsp3) is 0.846. The van der Waals surface area contributed by atoms with Crippen LogP contribution in [0.4, 0.5) is 0 Å². The van der Waals surface area contributed by atoms with Gasteiger partial charge < -0.3 is 24.3 Å². The van der Waals surface area contributed by atoms with Crippen molar-refractivity contribution >= 4 is 5.91 Å². The maximum absolute atomic E-state index is 10.8. The molecule has 0 aliphatic carbocycles. The van der Waals surface area contributed by atoms with Crippen LogP contribution >= 0.6 is 0 Å². The molecule has 0 atom stereocenters. The van der Waals surface area contributed by atoms with Gasteiger partial charge in [-0.3, -0.25) is 11.8 Å². The van der Waals surface area contributed by atoms with Crippen LogP contribution in [0.15, 0.2) is 0 Å². The van der Waals surface area contributed by atoms with E-state index in [-0.39, 0.29) is 38.6 Å². The number of hydrogen-bond donors (Lipinski definition) is 1. The Morgan fingerprint density at radius 2 is 1.25 bits per heavy atom. The summed E-state index contributed by atoms with van der Waals surface area (Å²) in [5.74, 6) is -0.125. The Kier molecular flexibility index (Phi) is 22.0. The van der Waals surface area contributed by atoms with Crippen molar-refractivity contribution in [2.45, 2.75) is 19.8 Å². The molecule has 0 spiro atoms. The number of carbonyl (C=O) groups is 1. The molecule has 0 aliphatic heterocycles.